The highest BCUT2D eigenvalue weighted by Gasteiger charge is 2.06. The summed E-state index contributed by atoms with van der Waals surface area (Å²) in [6, 6.07) is 2.10. The van der Waals surface area contributed by atoms with Gasteiger partial charge in [0.15, 0.2) is 0 Å². The highest BCUT2D eigenvalue weighted by Crippen LogP contribution is 2.15. The van der Waals surface area contributed by atoms with Crippen LogP contribution in [0.2, 0.25) is 0 Å². The van der Waals surface area contributed by atoms with E-state index in [1.807, 2.05) is 11.8 Å². The number of anilines is 1. The zero-order valence-electron chi connectivity index (χ0n) is 12.7. The molecule has 0 amide bonds. The Morgan fingerprint density at radius 2 is 2.00 bits per heavy atom. The van der Waals surface area contributed by atoms with Crippen molar-refractivity contribution in [3.8, 4) is 0 Å². The lowest BCUT2D eigenvalue weighted by atomic mass is 10.1. The minimum Gasteiger partial charge on any atom is -0.370 e. The average Bonchev–Trinajstić information content (AvgIpc) is 2.36. The quantitative estimate of drug-likeness (QED) is 0.690. The van der Waals surface area contributed by atoms with Crippen LogP contribution in [0.1, 0.15) is 52.1 Å². The number of rotatable bonds is 9. The first-order valence-corrected chi connectivity index (χ1v) is 8.49. The van der Waals surface area contributed by atoms with Gasteiger partial charge in [-0.25, -0.2) is 9.97 Å². The summed E-state index contributed by atoms with van der Waals surface area (Å²) >= 11 is 1.91. The van der Waals surface area contributed by atoms with Crippen molar-refractivity contribution in [2.45, 2.75) is 52.7 Å². The van der Waals surface area contributed by atoms with Gasteiger partial charge in [0.1, 0.15) is 11.6 Å². The van der Waals surface area contributed by atoms with Crippen molar-refractivity contribution in [1.82, 2.24) is 9.97 Å². The van der Waals surface area contributed by atoms with E-state index in [1.54, 1.807) is 0 Å². The minimum atomic E-state index is 0.630. The van der Waals surface area contributed by atoms with Gasteiger partial charge in [-0.15, -0.1) is 0 Å². The fraction of sp³-hybridized carbons (Fsp3) is 0.733. The molecule has 0 fully saturated rings. The normalized spacial score (nSPS) is 11.0. The van der Waals surface area contributed by atoms with Crippen molar-refractivity contribution in [3.05, 3.63) is 17.6 Å². The maximum absolute atomic E-state index is 4.68. The Kier molecular flexibility index (Phi) is 7.87. The van der Waals surface area contributed by atoms with E-state index in [9.17, 15) is 0 Å². The van der Waals surface area contributed by atoms with Crippen molar-refractivity contribution >= 4 is 17.6 Å². The van der Waals surface area contributed by atoms with Crippen LogP contribution in [0.15, 0.2) is 6.07 Å². The molecule has 1 rings (SSSR count). The second kappa shape index (κ2) is 9.18. The van der Waals surface area contributed by atoms with Crippen LogP contribution >= 0.6 is 11.8 Å². The smallest absolute Gasteiger partial charge is 0.140 e. The molecule has 3 nitrogen and oxygen atoms in total. The molecule has 19 heavy (non-hydrogen) atoms. The molecule has 0 saturated heterocycles. The molecular weight excluding hydrogens is 254 g/mol. The Labute approximate surface area is 122 Å². The number of nitrogens with one attached hydrogen (secondary N) is 1. The van der Waals surface area contributed by atoms with Gasteiger partial charge in [-0.05, 0) is 30.9 Å². The zero-order chi connectivity index (χ0) is 14.1. The van der Waals surface area contributed by atoms with Gasteiger partial charge in [0.25, 0.3) is 0 Å². The monoisotopic (exact) mass is 281 g/mol. The Balaban J connectivity index is 2.75. The van der Waals surface area contributed by atoms with E-state index in [0.29, 0.717) is 5.92 Å². The van der Waals surface area contributed by atoms with Gasteiger partial charge < -0.3 is 5.32 Å². The maximum atomic E-state index is 4.68. The summed E-state index contributed by atoms with van der Waals surface area (Å²) in [7, 11) is 0. The molecule has 1 aromatic heterocycles. The molecule has 0 spiro atoms. The fourth-order valence-electron chi connectivity index (χ4n) is 1.79. The molecule has 0 saturated carbocycles. The number of thioether (sulfide) groups is 1. The van der Waals surface area contributed by atoms with Crippen LogP contribution in [0, 0.1) is 5.92 Å². The topological polar surface area (TPSA) is 37.8 Å². The maximum Gasteiger partial charge on any atom is 0.140 e. The number of nitrogens with zero attached hydrogens (tertiary/aromatic N) is 2. The van der Waals surface area contributed by atoms with Crippen molar-refractivity contribution in [1.29, 1.82) is 0 Å². The van der Waals surface area contributed by atoms with Crippen LogP contribution < -0.4 is 5.32 Å². The molecule has 0 aliphatic heterocycles. The number of aromatic nitrogens is 2. The first kappa shape index (κ1) is 16.3. The molecule has 1 aromatic rings. The molecule has 0 aliphatic carbocycles. The average molecular weight is 281 g/mol. The standard InChI is InChI=1S/C15H27N3S/c1-5-7-16-14-10-13(9-12(3)4)17-15(18-14)11-19-8-6-2/h10,12H,5-9,11H2,1-4H3,(H,16,17,18). The largest absolute Gasteiger partial charge is 0.370 e. The second-order valence-corrected chi connectivity index (χ2v) is 6.34. The Morgan fingerprint density at radius 1 is 1.21 bits per heavy atom. The summed E-state index contributed by atoms with van der Waals surface area (Å²) in [6.07, 6.45) is 3.34. The van der Waals surface area contributed by atoms with E-state index in [0.717, 1.165) is 42.5 Å². The van der Waals surface area contributed by atoms with Gasteiger partial charge >= 0.3 is 0 Å². The van der Waals surface area contributed by atoms with Gasteiger partial charge in [-0.1, -0.05) is 27.7 Å². The highest BCUT2D eigenvalue weighted by molar-refractivity contribution is 7.98. The molecule has 4 heteroatoms. The Hall–Kier alpha value is -0.770. The predicted octanol–water partition coefficient (Wildman–Crippen LogP) is 4.14. The first-order valence-electron chi connectivity index (χ1n) is 7.34. The minimum absolute atomic E-state index is 0.630. The Bertz CT molecular complexity index is 366. The lowest BCUT2D eigenvalue weighted by Crippen LogP contribution is -2.08. The third kappa shape index (κ3) is 6.81. The summed E-state index contributed by atoms with van der Waals surface area (Å²) in [4.78, 5) is 9.29. The fourth-order valence-corrected chi connectivity index (χ4v) is 2.54. The van der Waals surface area contributed by atoms with E-state index < -0.39 is 0 Å². The third-order valence-electron chi connectivity index (χ3n) is 2.58. The van der Waals surface area contributed by atoms with E-state index >= 15 is 0 Å². The van der Waals surface area contributed by atoms with Crippen molar-refractivity contribution < 1.29 is 0 Å². The third-order valence-corrected chi connectivity index (χ3v) is 3.74. The van der Waals surface area contributed by atoms with Gasteiger partial charge in [0.05, 0.1) is 5.75 Å². The van der Waals surface area contributed by atoms with Gasteiger partial charge in [-0.2, -0.15) is 11.8 Å². The van der Waals surface area contributed by atoms with E-state index in [4.69, 9.17) is 0 Å². The summed E-state index contributed by atoms with van der Waals surface area (Å²) in [6.45, 7) is 9.80. The summed E-state index contributed by atoms with van der Waals surface area (Å²) < 4.78 is 0. The van der Waals surface area contributed by atoms with Crippen LogP contribution in [0.25, 0.3) is 0 Å². The van der Waals surface area contributed by atoms with Crippen LogP contribution in [0.4, 0.5) is 5.82 Å². The van der Waals surface area contributed by atoms with Crippen molar-refractivity contribution in [3.63, 3.8) is 0 Å². The molecule has 0 aromatic carbocycles. The predicted molar refractivity (Wildman–Crippen MR) is 85.8 cm³/mol. The van der Waals surface area contributed by atoms with Crippen LogP contribution in [0.5, 0.6) is 0 Å². The SMILES string of the molecule is CCCNc1cc(CC(C)C)nc(CSCCC)n1. The summed E-state index contributed by atoms with van der Waals surface area (Å²) in [5.74, 6) is 4.68. The molecule has 1 N–H and O–H groups in total. The van der Waals surface area contributed by atoms with E-state index in [2.05, 4.69) is 49.0 Å². The molecular formula is C15H27N3S. The van der Waals surface area contributed by atoms with Crippen LogP contribution in [-0.4, -0.2) is 22.3 Å². The lowest BCUT2D eigenvalue weighted by Gasteiger charge is -2.10. The first-order chi connectivity index (χ1) is 9.15. The number of hydrogen-bond acceptors (Lipinski definition) is 4. The summed E-state index contributed by atoms with van der Waals surface area (Å²) in [5, 5.41) is 3.38. The van der Waals surface area contributed by atoms with Crippen LogP contribution in [-0.2, 0) is 12.2 Å². The molecule has 0 atom stereocenters. The molecule has 0 radical (unpaired) electrons. The highest BCUT2D eigenvalue weighted by atomic mass is 32.2. The number of hydrogen-bond donors (Lipinski definition) is 1. The molecule has 0 unspecified atom stereocenters. The lowest BCUT2D eigenvalue weighted by molar-refractivity contribution is 0.632. The van der Waals surface area contributed by atoms with E-state index in [1.165, 1.54) is 12.2 Å². The van der Waals surface area contributed by atoms with Crippen LogP contribution in [0.3, 0.4) is 0 Å². The van der Waals surface area contributed by atoms with Crippen molar-refractivity contribution in [2.24, 2.45) is 5.92 Å². The molecule has 0 bridgehead atoms. The second-order valence-electron chi connectivity index (χ2n) is 5.24. The van der Waals surface area contributed by atoms with Gasteiger partial charge in [0, 0.05) is 18.3 Å². The molecule has 1 heterocycles. The van der Waals surface area contributed by atoms with Gasteiger partial charge in [0.2, 0.25) is 0 Å². The zero-order valence-corrected chi connectivity index (χ0v) is 13.5. The Morgan fingerprint density at radius 3 is 2.63 bits per heavy atom. The van der Waals surface area contributed by atoms with Crippen molar-refractivity contribution in [2.75, 3.05) is 17.6 Å². The molecule has 0 aliphatic rings. The molecule has 108 valence electrons. The van der Waals surface area contributed by atoms with Gasteiger partial charge in [-0.3, -0.25) is 0 Å². The van der Waals surface area contributed by atoms with E-state index in [-0.39, 0.29) is 0 Å². The summed E-state index contributed by atoms with van der Waals surface area (Å²) in [5.41, 5.74) is 1.16.